The van der Waals surface area contributed by atoms with Crippen molar-refractivity contribution >= 4 is 5.91 Å². The second kappa shape index (κ2) is 9.67. The molecule has 2 aromatic rings. The summed E-state index contributed by atoms with van der Waals surface area (Å²) in [6.45, 7) is 3.95. The van der Waals surface area contributed by atoms with Gasteiger partial charge in [-0.3, -0.25) is 4.79 Å². The number of rotatable bonds is 9. The van der Waals surface area contributed by atoms with E-state index in [2.05, 4.69) is 15.3 Å². The largest absolute Gasteiger partial charge is 0.508 e. The minimum atomic E-state index is -4.42. The van der Waals surface area contributed by atoms with Crippen LogP contribution in [0.15, 0.2) is 30.6 Å². The number of phenolic OH excluding ortho intramolecular Hbond substituents is 1. The normalized spacial score (nSPS) is 17.0. The Hall–Kier alpha value is -2.68. The maximum atomic E-state index is 13.9. The van der Waals surface area contributed by atoms with Crippen LogP contribution >= 0.6 is 0 Å². The summed E-state index contributed by atoms with van der Waals surface area (Å²) in [4.78, 5) is 23.0. The predicted octanol–water partition coefficient (Wildman–Crippen LogP) is 3.90. The van der Waals surface area contributed by atoms with Gasteiger partial charge in [-0.05, 0) is 76.0 Å². The van der Waals surface area contributed by atoms with E-state index in [1.54, 1.807) is 19.1 Å². The Morgan fingerprint density at radius 3 is 2.36 bits per heavy atom. The van der Waals surface area contributed by atoms with E-state index in [4.69, 9.17) is 0 Å². The molecule has 1 aliphatic rings. The molecule has 1 aromatic heterocycles. The summed E-state index contributed by atoms with van der Waals surface area (Å²) in [6.07, 6.45) is -1.19. The van der Waals surface area contributed by atoms with Crippen LogP contribution in [0, 0.1) is 19.3 Å². The number of halogens is 3. The molecule has 1 heterocycles. The third-order valence-electron chi connectivity index (χ3n) is 6.57. The Morgan fingerprint density at radius 2 is 1.85 bits per heavy atom. The van der Waals surface area contributed by atoms with Crippen LogP contribution in [0.5, 0.6) is 5.75 Å². The van der Waals surface area contributed by atoms with Crippen molar-refractivity contribution in [3.8, 4) is 5.75 Å². The van der Waals surface area contributed by atoms with E-state index in [0.29, 0.717) is 6.42 Å². The van der Waals surface area contributed by atoms with Crippen LogP contribution in [-0.2, 0) is 11.2 Å². The first-order valence-electron chi connectivity index (χ1n) is 11.0. The van der Waals surface area contributed by atoms with Gasteiger partial charge >= 0.3 is 6.18 Å². The summed E-state index contributed by atoms with van der Waals surface area (Å²) >= 11 is 0. The zero-order chi connectivity index (χ0) is 24.4. The molecular weight excluding hydrogens is 433 g/mol. The van der Waals surface area contributed by atoms with E-state index >= 15 is 0 Å². The van der Waals surface area contributed by atoms with Gasteiger partial charge in [0.2, 0.25) is 5.91 Å². The fourth-order valence-electron chi connectivity index (χ4n) is 4.17. The molecule has 2 N–H and O–H groups in total. The number of hydrogen-bond donors (Lipinski definition) is 2. The van der Waals surface area contributed by atoms with Gasteiger partial charge in [-0.15, -0.1) is 0 Å². The molecule has 6 nitrogen and oxygen atoms in total. The molecule has 0 spiro atoms. The van der Waals surface area contributed by atoms with E-state index < -0.39 is 23.4 Å². The van der Waals surface area contributed by atoms with Crippen molar-refractivity contribution in [2.24, 2.45) is 5.41 Å². The number of nitrogens with zero attached hydrogens (tertiary/aromatic N) is 3. The number of carbonyl (C=O) groups excluding carboxylic acids is 1. The Balaban J connectivity index is 1.71. The number of nitrogens with one attached hydrogen (secondary N) is 1. The number of phenols is 1. The molecule has 3 rings (SSSR count). The van der Waals surface area contributed by atoms with Crippen molar-refractivity contribution in [3.05, 3.63) is 53.1 Å². The molecule has 1 saturated carbocycles. The van der Waals surface area contributed by atoms with Crippen LogP contribution in [0.4, 0.5) is 13.2 Å². The van der Waals surface area contributed by atoms with Crippen LogP contribution in [0.25, 0.3) is 0 Å². The van der Waals surface area contributed by atoms with Crippen molar-refractivity contribution in [3.63, 3.8) is 0 Å². The molecule has 1 aromatic carbocycles. The number of aromatic nitrogens is 2. The molecule has 9 heteroatoms. The molecule has 0 saturated heterocycles. The zero-order valence-electron chi connectivity index (χ0n) is 19.4. The molecule has 180 valence electrons. The Bertz CT molecular complexity index is 973. The lowest BCUT2D eigenvalue weighted by atomic mass is 9.84. The maximum absolute atomic E-state index is 13.9. The summed E-state index contributed by atoms with van der Waals surface area (Å²) in [5, 5.41) is 12.4. The first kappa shape index (κ1) is 25.0. The second-order valence-corrected chi connectivity index (χ2v) is 9.27. The van der Waals surface area contributed by atoms with Gasteiger partial charge in [-0.25, -0.2) is 9.97 Å². The third-order valence-corrected chi connectivity index (χ3v) is 6.57. The van der Waals surface area contributed by atoms with Crippen molar-refractivity contribution < 1.29 is 23.1 Å². The number of amides is 1. The first-order valence-corrected chi connectivity index (χ1v) is 11.0. The van der Waals surface area contributed by atoms with E-state index in [1.165, 1.54) is 12.4 Å². The topological polar surface area (TPSA) is 78.3 Å². The highest BCUT2D eigenvalue weighted by Gasteiger charge is 2.68. The van der Waals surface area contributed by atoms with Gasteiger partial charge in [-0.2, -0.15) is 13.2 Å². The molecule has 2 atom stereocenters. The highest BCUT2D eigenvalue weighted by atomic mass is 19.4. The van der Waals surface area contributed by atoms with E-state index in [0.717, 1.165) is 16.7 Å². The SMILES string of the molecule is Cc1cnc(C(CC(=O)NCC(Cc2ccc(O)cc2C)N(C)C)C2(C(F)(F)F)CC2)nc1. The molecule has 1 amide bonds. The van der Waals surface area contributed by atoms with Crippen LogP contribution in [0.2, 0.25) is 0 Å². The lowest BCUT2D eigenvalue weighted by Gasteiger charge is -2.29. The maximum Gasteiger partial charge on any atom is 0.395 e. The molecule has 0 bridgehead atoms. The molecular formula is C24H31F3N4O2. The Morgan fingerprint density at radius 1 is 1.21 bits per heavy atom. The lowest BCUT2D eigenvalue weighted by Crippen LogP contribution is -2.43. The Labute approximate surface area is 192 Å². The summed E-state index contributed by atoms with van der Waals surface area (Å²) in [7, 11) is 3.77. The fraction of sp³-hybridized carbons (Fsp3) is 0.542. The molecule has 0 aliphatic heterocycles. The number of aromatic hydroxyl groups is 1. The number of benzene rings is 1. The van der Waals surface area contributed by atoms with Crippen molar-refractivity contribution in [1.29, 1.82) is 0 Å². The molecule has 2 unspecified atom stereocenters. The molecule has 1 fully saturated rings. The van der Waals surface area contributed by atoms with E-state index in [1.807, 2.05) is 32.0 Å². The van der Waals surface area contributed by atoms with Gasteiger partial charge in [0.25, 0.3) is 0 Å². The quantitative estimate of drug-likeness (QED) is 0.589. The summed E-state index contributed by atoms with van der Waals surface area (Å²) in [6, 6.07) is 5.07. The number of aryl methyl sites for hydroxylation is 2. The summed E-state index contributed by atoms with van der Waals surface area (Å²) in [5.41, 5.74) is 0.771. The number of hydrogen-bond acceptors (Lipinski definition) is 5. The zero-order valence-corrected chi connectivity index (χ0v) is 19.4. The fourth-order valence-corrected chi connectivity index (χ4v) is 4.17. The minimum absolute atomic E-state index is 0.0217. The highest BCUT2D eigenvalue weighted by molar-refractivity contribution is 5.77. The molecule has 33 heavy (non-hydrogen) atoms. The summed E-state index contributed by atoms with van der Waals surface area (Å²) in [5.74, 6) is -1.31. The second-order valence-electron chi connectivity index (χ2n) is 9.27. The number of likely N-dealkylation sites (N-methyl/N-ethyl adjacent to an activating group) is 1. The number of alkyl halides is 3. The van der Waals surface area contributed by atoms with Crippen LogP contribution in [-0.4, -0.2) is 58.7 Å². The van der Waals surface area contributed by atoms with Gasteiger partial charge in [-0.1, -0.05) is 6.07 Å². The monoisotopic (exact) mass is 464 g/mol. The van der Waals surface area contributed by atoms with Crippen molar-refractivity contribution in [1.82, 2.24) is 20.2 Å². The van der Waals surface area contributed by atoms with Gasteiger partial charge in [0.15, 0.2) is 0 Å². The predicted molar refractivity (Wildman–Crippen MR) is 119 cm³/mol. The third kappa shape index (κ3) is 5.82. The van der Waals surface area contributed by atoms with Gasteiger partial charge < -0.3 is 15.3 Å². The number of carbonyl (C=O) groups is 1. The van der Waals surface area contributed by atoms with Crippen LogP contribution in [0.1, 0.15) is 47.7 Å². The van der Waals surface area contributed by atoms with E-state index in [-0.39, 0.29) is 43.4 Å². The smallest absolute Gasteiger partial charge is 0.395 e. The minimum Gasteiger partial charge on any atom is -0.508 e. The average Bonchev–Trinajstić information content (AvgIpc) is 3.53. The van der Waals surface area contributed by atoms with Gasteiger partial charge in [0.05, 0.1) is 5.41 Å². The van der Waals surface area contributed by atoms with Crippen molar-refractivity contribution in [2.75, 3.05) is 20.6 Å². The van der Waals surface area contributed by atoms with Crippen molar-refractivity contribution in [2.45, 2.75) is 57.7 Å². The Kier molecular flexibility index (Phi) is 7.31. The van der Waals surface area contributed by atoms with Crippen LogP contribution in [0.3, 0.4) is 0 Å². The lowest BCUT2D eigenvalue weighted by molar-refractivity contribution is -0.195. The van der Waals surface area contributed by atoms with Crippen LogP contribution < -0.4 is 5.32 Å². The van der Waals surface area contributed by atoms with E-state index in [9.17, 15) is 23.1 Å². The van der Waals surface area contributed by atoms with Gasteiger partial charge in [0, 0.05) is 37.3 Å². The average molecular weight is 465 g/mol. The van der Waals surface area contributed by atoms with Gasteiger partial charge in [0.1, 0.15) is 11.6 Å². The molecule has 0 radical (unpaired) electrons. The standard InChI is InChI=1S/C24H31F3N4O2/c1-15-12-29-22(30-13-15)20(23(7-8-23)24(25,26)27)11-21(33)28-14-18(31(3)4)10-17-5-6-19(32)9-16(17)2/h5-6,9,12-13,18,20,32H,7-8,10-11,14H2,1-4H3,(H,28,33). The highest BCUT2D eigenvalue weighted by Crippen LogP contribution is 2.65. The molecule has 1 aliphatic carbocycles. The first-order chi connectivity index (χ1) is 15.4. The summed E-state index contributed by atoms with van der Waals surface area (Å²) < 4.78 is 41.6.